The summed E-state index contributed by atoms with van der Waals surface area (Å²) in [6, 6.07) is 0. The first kappa shape index (κ1) is 20.9. The van der Waals surface area contributed by atoms with Crippen molar-refractivity contribution in [2.75, 3.05) is 19.1 Å². The fourth-order valence-electron chi connectivity index (χ4n) is 2.81. The normalized spacial score (nSPS) is 11.0. The summed E-state index contributed by atoms with van der Waals surface area (Å²) in [4.78, 5) is 24.0. The zero-order valence-corrected chi connectivity index (χ0v) is 15.9. The minimum absolute atomic E-state index is 0.0469. The van der Waals surface area contributed by atoms with Crippen LogP contribution in [-0.4, -0.2) is 44.0 Å². The lowest BCUT2D eigenvalue weighted by molar-refractivity contribution is -0.152. The number of nitrogen functional groups attached to an aromatic ring is 1. The second kappa shape index (κ2) is 11.3. The topological polar surface area (TPSA) is 125 Å². The van der Waals surface area contributed by atoms with E-state index in [1.807, 2.05) is 0 Å². The van der Waals surface area contributed by atoms with Gasteiger partial charge in [0.25, 0.3) is 0 Å². The molecule has 0 amide bonds. The number of carbonyl (C=O) groups excluding carboxylic acids is 1. The van der Waals surface area contributed by atoms with Gasteiger partial charge in [-0.3, -0.25) is 4.79 Å². The van der Waals surface area contributed by atoms with Crippen LogP contribution in [0.1, 0.15) is 58.3 Å². The van der Waals surface area contributed by atoms with Crippen LogP contribution < -0.4 is 10.5 Å². The van der Waals surface area contributed by atoms with Crippen molar-refractivity contribution in [2.45, 2.75) is 64.8 Å². The van der Waals surface area contributed by atoms with Gasteiger partial charge in [0.15, 0.2) is 18.0 Å². The molecule has 0 aliphatic heterocycles. The summed E-state index contributed by atoms with van der Waals surface area (Å²) in [6.07, 6.45) is 11.2. The summed E-state index contributed by atoms with van der Waals surface area (Å²) in [7, 11) is 0. The van der Waals surface area contributed by atoms with Gasteiger partial charge < -0.3 is 24.9 Å². The molecule has 2 aromatic heterocycles. The van der Waals surface area contributed by atoms with E-state index >= 15 is 0 Å². The minimum Gasteiger partial charge on any atom is -0.476 e. The lowest BCUT2D eigenvalue weighted by Crippen LogP contribution is -2.14. The summed E-state index contributed by atoms with van der Waals surface area (Å²) < 4.78 is 11.7. The average Bonchev–Trinajstić information content (AvgIpc) is 3.03. The van der Waals surface area contributed by atoms with Gasteiger partial charge in [-0.25, -0.2) is 4.98 Å². The molecule has 0 aromatic carbocycles. The number of nitrogens with two attached hydrogens (primary N) is 1. The molecule has 0 saturated heterocycles. The van der Waals surface area contributed by atoms with E-state index in [9.17, 15) is 4.79 Å². The Hall–Kier alpha value is -2.42. The number of esters is 1. The number of imidazole rings is 1. The van der Waals surface area contributed by atoms with Crippen LogP contribution in [0, 0.1) is 0 Å². The fraction of sp³-hybridized carbons (Fsp3) is 0.667. The van der Waals surface area contributed by atoms with Crippen molar-refractivity contribution in [3.8, 4) is 5.88 Å². The van der Waals surface area contributed by atoms with E-state index in [1.165, 1.54) is 49.4 Å². The van der Waals surface area contributed by atoms with Gasteiger partial charge in [0.05, 0.1) is 12.9 Å². The predicted molar refractivity (Wildman–Crippen MR) is 101 cm³/mol. The zero-order valence-electron chi connectivity index (χ0n) is 15.9. The molecule has 0 atom stereocenters. The van der Waals surface area contributed by atoms with Crippen molar-refractivity contribution in [2.24, 2.45) is 0 Å². The molecule has 0 spiro atoms. The number of ether oxygens (including phenoxy) is 2. The number of aliphatic hydroxyl groups is 1. The molecule has 2 heterocycles. The molecule has 150 valence electrons. The van der Waals surface area contributed by atoms with Crippen molar-refractivity contribution >= 4 is 23.1 Å². The van der Waals surface area contributed by atoms with Crippen LogP contribution in [0.25, 0.3) is 11.2 Å². The van der Waals surface area contributed by atoms with Crippen molar-refractivity contribution in [3.05, 3.63) is 6.33 Å². The number of unbranched alkanes of at least 4 members (excludes halogenated alkanes) is 7. The van der Waals surface area contributed by atoms with Crippen LogP contribution in [0.3, 0.4) is 0 Å². The molecule has 27 heavy (non-hydrogen) atoms. The summed E-state index contributed by atoms with van der Waals surface area (Å²) in [5, 5.41) is 8.65. The van der Waals surface area contributed by atoms with Crippen LogP contribution in [0.15, 0.2) is 6.33 Å². The number of hydrogen-bond acceptors (Lipinski definition) is 8. The van der Waals surface area contributed by atoms with Gasteiger partial charge in [-0.15, -0.1) is 0 Å². The maximum absolute atomic E-state index is 11.5. The summed E-state index contributed by atoms with van der Waals surface area (Å²) in [6.45, 7) is 1.94. The van der Waals surface area contributed by atoms with Crippen LogP contribution in [0.4, 0.5) is 5.95 Å². The second-order valence-corrected chi connectivity index (χ2v) is 6.40. The first-order valence-corrected chi connectivity index (χ1v) is 9.53. The molecular formula is C18H29N5O4. The lowest BCUT2D eigenvalue weighted by Gasteiger charge is -2.07. The number of aromatic nitrogens is 4. The number of anilines is 1. The summed E-state index contributed by atoms with van der Waals surface area (Å²) in [5.41, 5.74) is 6.59. The van der Waals surface area contributed by atoms with E-state index in [0.29, 0.717) is 23.7 Å². The Morgan fingerprint density at radius 3 is 2.56 bits per heavy atom. The van der Waals surface area contributed by atoms with Crippen molar-refractivity contribution in [3.63, 3.8) is 0 Å². The SMILES string of the molecule is CCCCCCCCCCOc1nc(N)nc2c1ncn2CC(=O)OCO. The highest BCUT2D eigenvalue weighted by Crippen LogP contribution is 2.22. The van der Waals surface area contributed by atoms with E-state index < -0.39 is 12.8 Å². The van der Waals surface area contributed by atoms with Crippen LogP contribution in [-0.2, 0) is 16.1 Å². The maximum Gasteiger partial charge on any atom is 0.328 e. The largest absolute Gasteiger partial charge is 0.476 e. The Labute approximate surface area is 158 Å². The van der Waals surface area contributed by atoms with E-state index in [2.05, 4.69) is 26.6 Å². The third-order valence-corrected chi connectivity index (χ3v) is 4.21. The molecule has 2 aromatic rings. The molecule has 0 aliphatic carbocycles. The van der Waals surface area contributed by atoms with Crippen molar-refractivity contribution < 1.29 is 19.4 Å². The third kappa shape index (κ3) is 6.67. The molecule has 0 saturated carbocycles. The van der Waals surface area contributed by atoms with Gasteiger partial charge in [-0.1, -0.05) is 51.9 Å². The lowest BCUT2D eigenvalue weighted by atomic mass is 10.1. The van der Waals surface area contributed by atoms with Gasteiger partial charge in [0.1, 0.15) is 6.54 Å². The van der Waals surface area contributed by atoms with Gasteiger partial charge >= 0.3 is 5.97 Å². The number of rotatable bonds is 13. The standard InChI is InChI=1S/C18H29N5O4/c1-2-3-4-5-6-7-8-9-10-26-17-15-16(21-18(19)22-17)23(12-20-15)11-14(25)27-13-24/h12,24H,2-11,13H2,1H3,(H2,19,21,22). The number of hydrogen-bond donors (Lipinski definition) is 2. The number of fused-ring (bicyclic) bond motifs is 1. The molecule has 0 aliphatic rings. The molecule has 9 nitrogen and oxygen atoms in total. The van der Waals surface area contributed by atoms with E-state index in [-0.39, 0.29) is 12.5 Å². The highest BCUT2D eigenvalue weighted by Gasteiger charge is 2.15. The monoisotopic (exact) mass is 379 g/mol. The number of aliphatic hydroxyl groups excluding tert-OH is 1. The van der Waals surface area contributed by atoms with Gasteiger partial charge in [0, 0.05) is 0 Å². The molecule has 0 fully saturated rings. The summed E-state index contributed by atoms with van der Waals surface area (Å²) in [5.74, 6) is -0.240. The van der Waals surface area contributed by atoms with E-state index in [1.54, 1.807) is 0 Å². The Balaban J connectivity index is 1.85. The van der Waals surface area contributed by atoms with Crippen LogP contribution in [0.5, 0.6) is 5.88 Å². The Morgan fingerprint density at radius 2 is 1.85 bits per heavy atom. The zero-order chi connectivity index (χ0) is 19.5. The second-order valence-electron chi connectivity index (χ2n) is 6.40. The van der Waals surface area contributed by atoms with Crippen molar-refractivity contribution in [1.82, 2.24) is 19.5 Å². The van der Waals surface area contributed by atoms with Gasteiger partial charge in [0.2, 0.25) is 11.8 Å². The molecule has 2 rings (SSSR count). The first-order chi connectivity index (χ1) is 13.2. The van der Waals surface area contributed by atoms with Gasteiger partial charge in [-0.05, 0) is 6.42 Å². The fourth-order valence-corrected chi connectivity index (χ4v) is 2.81. The average molecular weight is 379 g/mol. The van der Waals surface area contributed by atoms with E-state index in [4.69, 9.17) is 15.6 Å². The third-order valence-electron chi connectivity index (χ3n) is 4.21. The molecule has 0 unspecified atom stereocenters. The highest BCUT2D eigenvalue weighted by molar-refractivity contribution is 5.79. The van der Waals surface area contributed by atoms with Gasteiger partial charge in [-0.2, -0.15) is 9.97 Å². The van der Waals surface area contributed by atoms with Crippen molar-refractivity contribution in [1.29, 1.82) is 0 Å². The highest BCUT2D eigenvalue weighted by atomic mass is 16.6. The first-order valence-electron chi connectivity index (χ1n) is 9.53. The number of nitrogens with zero attached hydrogens (tertiary/aromatic N) is 4. The molecular weight excluding hydrogens is 350 g/mol. The molecule has 9 heteroatoms. The van der Waals surface area contributed by atoms with Crippen LogP contribution >= 0.6 is 0 Å². The van der Waals surface area contributed by atoms with E-state index in [0.717, 1.165) is 12.8 Å². The minimum atomic E-state index is -0.671. The smallest absolute Gasteiger partial charge is 0.328 e. The quantitative estimate of drug-likeness (QED) is 0.309. The molecule has 0 radical (unpaired) electrons. The predicted octanol–water partition coefficient (Wildman–Crippen LogP) is 2.42. The Bertz CT molecular complexity index is 719. The molecule has 3 N–H and O–H groups in total. The number of carbonyl (C=O) groups is 1. The Kier molecular flexibility index (Phi) is 8.76. The maximum atomic E-state index is 11.5. The van der Waals surface area contributed by atoms with Crippen LogP contribution in [0.2, 0.25) is 0 Å². The Morgan fingerprint density at radius 1 is 1.15 bits per heavy atom. The summed E-state index contributed by atoms with van der Waals surface area (Å²) >= 11 is 0. The molecule has 0 bridgehead atoms.